The highest BCUT2D eigenvalue weighted by atomic mass is 16.6. The molecule has 4 aliphatic rings. The molecule has 4 unspecified atom stereocenters. The third-order valence-corrected chi connectivity index (χ3v) is 13.7. The normalized spacial score (nSPS) is 28.7. The third-order valence-electron chi connectivity index (χ3n) is 13.7. The van der Waals surface area contributed by atoms with Crippen LogP contribution in [-0.4, -0.2) is 64.8 Å². The van der Waals surface area contributed by atoms with E-state index in [2.05, 4.69) is 63.7 Å². The van der Waals surface area contributed by atoms with E-state index in [-0.39, 0.29) is 56.8 Å². The van der Waals surface area contributed by atoms with Gasteiger partial charge in [-0.2, -0.15) is 0 Å². The summed E-state index contributed by atoms with van der Waals surface area (Å²) in [6, 6.07) is 5.42. The molecule has 1 aromatic carbocycles. The number of hydrogen-bond acceptors (Lipinski definition) is 7. The molecule has 0 aliphatic heterocycles. The Morgan fingerprint density at radius 3 is 2.16 bits per heavy atom. The van der Waals surface area contributed by atoms with Crippen LogP contribution in [0.15, 0.2) is 18.2 Å². The van der Waals surface area contributed by atoms with Crippen LogP contribution in [-0.2, 0) is 9.53 Å². The van der Waals surface area contributed by atoms with E-state index >= 15 is 0 Å². The molecule has 2 N–H and O–H groups in total. The number of ether oxygens (including phenoxy) is 3. The fourth-order valence-corrected chi connectivity index (χ4v) is 10.9. The first-order valence-corrected chi connectivity index (χ1v) is 20.5. The number of fused-ring (bicyclic) bond motifs is 3. The van der Waals surface area contributed by atoms with Crippen LogP contribution >= 0.6 is 0 Å². The molecule has 3 aromatic rings. The number of nitrogens with zero attached hydrogens (tertiary/aromatic N) is 4. The minimum atomic E-state index is -0.720. The number of anilines is 1. The van der Waals surface area contributed by atoms with Gasteiger partial charge in [-0.1, -0.05) is 61.3 Å². The van der Waals surface area contributed by atoms with Crippen molar-refractivity contribution in [3.8, 4) is 23.0 Å². The fourth-order valence-electron chi connectivity index (χ4n) is 10.9. The average Bonchev–Trinajstić information content (AvgIpc) is 3.67. The topological polar surface area (TPSA) is 132 Å². The van der Waals surface area contributed by atoms with Crippen molar-refractivity contribution in [2.24, 2.45) is 51.8 Å². The number of carbonyl (C=O) groups is 3. The lowest BCUT2D eigenvalue weighted by Crippen LogP contribution is -2.53. The van der Waals surface area contributed by atoms with Crippen molar-refractivity contribution in [2.45, 2.75) is 112 Å². The molecule has 7 rings (SSSR count). The van der Waals surface area contributed by atoms with Crippen molar-refractivity contribution >= 4 is 35.0 Å². The molecule has 4 saturated carbocycles. The van der Waals surface area contributed by atoms with E-state index in [1.165, 1.54) is 28.7 Å². The zero-order chi connectivity index (χ0) is 40.5. The number of amides is 2. The Morgan fingerprint density at radius 2 is 1.61 bits per heavy atom. The first kappa shape index (κ1) is 39.7. The number of benzene rings is 1. The van der Waals surface area contributed by atoms with Crippen molar-refractivity contribution in [3.05, 3.63) is 35.2 Å². The Balaban J connectivity index is 1.28. The van der Waals surface area contributed by atoms with Crippen LogP contribution in [0.1, 0.15) is 117 Å². The molecule has 4 fully saturated rings. The molecule has 3 bridgehead atoms. The van der Waals surface area contributed by atoms with Gasteiger partial charge in [0.2, 0.25) is 11.8 Å². The second-order valence-electron chi connectivity index (χ2n) is 19.8. The minimum absolute atomic E-state index is 0.0588. The lowest BCUT2D eigenvalue weighted by molar-refractivity contribution is -0.143. The van der Waals surface area contributed by atoms with Gasteiger partial charge in [0.05, 0.1) is 24.8 Å². The summed E-state index contributed by atoms with van der Waals surface area (Å²) in [5.41, 5.74) is 0.351. The molecule has 302 valence electrons. The Morgan fingerprint density at radius 1 is 0.982 bits per heavy atom. The number of aromatic nitrogens is 3. The predicted octanol–water partition coefficient (Wildman–Crippen LogP) is 9.77. The second-order valence-corrected chi connectivity index (χ2v) is 19.8. The first-order chi connectivity index (χ1) is 26.3. The zero-order valence-corrected chi connectivity index (χ0v) is 34.9. The molecule has 2 aromatic heterocycles. The van der Waals surface area contributed by atoms with Gasteiger partial charge in [-0.05, 0) is 97.6 Å². The summed E-state index contributed by atoms with van der Waals surface area (Å²) in [7, 11) is 4.66. The molecule has 2 amide bonds. The lowest BCUT2D eigenvalue weighted by Gasteiger charge is -2.55. The standard InChI is InChI=1S/C44H60N6O6/c1-24-18-29(42(2,3)4)35(30(19-24)43(5,6)7)55-39(51)33-34(45-8)38(56-41(53)49(9)10)50-37(33)47-36(48-50)27-14-17-32(54-11)31(21-27)46-40(52)44-22-25-12-15-28(44)16-13-26(20-25)23-44/h14,17,21,24-26,28-30,35H,12-13,15-16,18-20,22-23H2,1-7,9-11H3,(H,46,52)(H,47,48). The van der Waals surface area contributed by atoms with Crippen molar-refractivity contribution in [3.63, 3.8) is 0 Å². The Labute approximate surface area is 331 Å². The number of rotatable bonds is 7. The highest BCUT2D eigenvalue weighted by Gasteiger charge is 2.56. The molecular formula is C44H60N6O6. The van der Waals surface area contributed by atoms with E-state index in [1.54, 1.807) is 27.3 Å². The maximum Gasteiger partial charge on any atom is 0.414 e. The van der Waals surface area contributed by atoms with Crippen molar-refractivity contribution < 1.29 is 28.6 Å². The number of nitrogens with one attached hydrogen (secondary N) is 2. The largest absolute Gasteiger partial charge is 0.495 e. The van der Waals surface area contributed by atoms with Crippen LogP contribution < -0.4 is 14.8 Å². The second kappa shape index (κ2) is 14.4. The van der Waals surface area contributed by atoms with Crippen LogP contribution in [0.5, 0.6) is 11.6 Å². The van der Waals surface area contributed by atoms with E-state index in [0.29, 0.717) is 46.5 Å². The summed E-state index contributed by atoms with van der Waals surface area (Å²) in [5.74, 6) is 2.29. The first-order valence-electron chi connectivity index (χ1n) is 20.5. The van der Waals surface area contributed by atoms with Crippen molar-refractivity contribution in [2.75, 3.05) is 26.5 Å². The van der Waals surface area contributed by atoms with E-state index < -0.39 is 18.2 Å². The van der Waals surface area contributed by atoms with Gasteiger partial charge in [-0.15, -0.1) is 0 Å². The van der Waals surface area contributed by atoms with Gasteiger partial charge in [0.15, 0.2) is 11.5 Å². The van der Waals surface area contributed by atoms with Crippen LogP contribution in [0.4, 0.5) is 16.2 Å². The summed E-state index contributed by atoms with van der Waals surface area (Å²) in [6.45, 7) is 23.6. The molecule has 12 nitrogen and oxygen atoms in total. The number of aromatic amines is 1. The Bertz CT molecular complexity index is 2020. The number of hydrogen-bond donors (Lipinski definition) is 2. The zero-order valence-electron chi connectivity index (χ0n) is 34.9. The Kier molecular flexibility index (Phi) is 10.2. The van der Waals surface area contributed by atoms with Gasteiger partial charge in [0, 0.05) is 31.5 Å². The molecule has 56 heavy (non-hydrogen) atoms. The van der Waals surface area contributed by atoms with Gasteiger partial charge >= 0.3 is 12.1 Å². The summed E-state index contributed by atoms with van der Waals surface area (Å²) >= 11 is 0. The van der Waals surface area contributed by atoms with Crippen molar-refractivity contribution in [1.29, 1.82) is 0 Å². The molecule has 4 atom stereocenters. The highest BCUT2D eigenvalue weighted by Crippen LogP contribution is 2.60. The van der Waals surface area contributed by atoms with Crippen molar-refractivity contribution in [1.82, 2.24) is 19.5 Å². The minimum Gasteiger partial charge on any atom is -0.495 e. The van der Waals surface area contributed by atoms with Crippen LogP contribution in [0.3, 0.4) is 0 Å². The van der Waals surface area contributed by atoms with Gasteiger partial charge in [-0.3, -0.25) is 9.89 Å². The molecule has 12 heteroatoms. The lowest BCUT2D eigenvalue weighted by atomic mass is 9.49. The number of carbonyl (C=O) groups excluding carboxylic acids is 3. The van der Waals surface area contributed by atoms with E-state index in [9.17, 15) is 14.4 Å². The highest BCUT2D eigenvalue weighted by molar-refractivity contribution is 6.05. The van der Waals surface area contributed by atoms with Gasteiger partial charge in [0.25, 0.3) is 5.69 Å². The van der Waals surface area contributed by atoms with E-state index in [1.807, 2.05) is 12.1 Å². The predicted molar refractivity (Wildman–Crippen MR) is 215 cm³/mol. The SMILES string of the molecule is [C-]#[N+]c1c(C(=O)OC2C(C(C)(C)C)CC(C)CC2C(C)(C)C)c2nc(-c3ccc(OC)c(NC(=O)C45CC6CCC4CCC(C6)C5)c3)[nH]n2c1OC(=O)N(C)C. The summed E-state index contributed by atoms with van der Waals surface area (Å²) in [4.78, 5) is 51.8. The molecule has 0 saturated heterocycles. The quantitative estimate of drug-likeness (QED) is 0.181. The van der Waals surface area contributed by atoms with Crippen LogP contribution in [0.2, 0.25) is 0 Å². The molecular weight excluding hydrogens is 709 g/mol. The summed E-state index contributed by atoms with van der Waals surface area (Å²) < 4.78 is 19.4. The number of esters is 1. The number of methoxy groups -OCH3 is 1. The van der Waals surface area contributed by atoms with Gasteiger partial charge in [-0.25, -0.2) is 23.9 Å². The van der Waals surface area contributed by atoms with E-state index in [0.717, 1.165) is 38.5 Å². The molecule has 4 aliphatic carbocycles. The summed E-state index contributed by atoms with van der Waals surface area (Å²) in [5, 5.41) is 6.47. The Hall–Kier alpha value is -4.53. The number of H-pyrrole nitrogens is 1. The van der Waals surface area contributed by atoms with Crippen LogP contribution in [0, 0.1) is 58.3 Å². The van der Waals surface area contributed by atoms with E-state index in [4.69, 9.17) is 25.8 Å². The monoisotopic (exact) mass is 768 g/mol. The smallest absolute Gasteiger partial charge is 0.414 e. The molecule has 2 heterocycles. The molecule has 0 spiro atoms. The van der Waals surface area contributed by atoms with Gasteiger partial charge < -0.3 is 24.4 Å². The van der Waals surface area contributed by atoms with Gasteiger partial charge in [0.1, 0.15) is 17.4 Å². The maximum atomic E-state index is 14.6. The maximum absolute atomic E-state index is 14.6. The third kappa shape index (κ3) is 7.04. The summed E-state index contributed by atoms with van der Waals surface area (Å²) in [6.07, 6.45) is 8.44. The average molecular weight is 769 g/mol. The molecule has 0 radical (unpaired) electrons. The van der Waals surface area contributed by atoms with Crippen LogP contribution in [0.25, 0.3) is 21.9 Å². The fraction of sp³-hybridized carbons (Fsp3) is 0.659.